The van der Waals surface area contributed by atoms with Crippen LogP contribution in [0.25, 0.3) is 0 Å². The van der Waals surface area contributed by atoms with E-state index in [0.717, 1.165) is 0 Å². The van der Waals surface area contributed by atoms with Crippen molar-refractivity contribution in [2.45, 2.75) is 4.90 Å². The highest BCUT2D eigenvalue weighted by Gasteiger charge is 2.20. The minimum atomic E-state index is -4.02. The van der Waals surface area contributed by atoms with Crippen molar-refractivity contribution in [3.05, 3.63) is 52.0 Å². The molecular weight excluding hydrogens is 335 g/mol. The van der Waals surface area contributed by atoms with Crippen molar-refractivity contribution in [1.29, 1.82) is 5.26 Å². The van der Waals surface area contributed by atoms with Gasteiger partial charge in [-0.3, -0.25) is 4.72 Å². The van der Waals surface area contributed by atoms with Gasteiger partial charge >= 0.3 is 0 Å². The molecule has 2 aromatic rings. The van der Waals surface area contributed by atoms with Crippen LogP contribution in [0.1, 0.15) is 5.56 Å². The molecular formula is C13H8Cl2N2O3S. The van der Waals surface area contributed by atoms with E-state index < -0.39 is 10.0 Å². The first-order valence-electron chi connectivity index (χ1n) is 5.54. The average Bonchev–Trinajstić information content (AvgIpc) is 2.42. The number of nitrogens with one attached hydrogen (secondary N) is 1. The molecule has 0 radical (unpaired) electrons. The fraction of sp³-hybridized carbons (Fsp3) is 0. The normalized spacial score (nSPS) is 10.9. The molecule has 0 saturated carbocycles. The van der Waals surface area contributed by atoms with E-state index in [4.69, 9.17) is 28.5 Å². The van der Waals surface area contributed by atoms with E-state index >= 15 is 0 Å². The summed E-state index contributed by atoms with van der Waals surface area (Å²) in [7, 11) is -4.02. The number of sulfonamides is 1. The lowest BCUT2D eigenvalue weighted by molar-refractivity contribution is 0.477. The summed E-state index contributed by atoms with van der Waals surface area (Å²) in [5.74, 6) is -0.271. The van der Waals surface area contributed by atoms with Gasteiger partial charge in [0.25, 0.3) is 10.0 Å². The number of phenols is 1. The Balaban J connectivity index is 2.44. The number of nitriles is 1. The molecule has 0 atom stereocenters. The molecule has 0 spiro atoms. The van der Waals surface area contributed by atoms with Gasteiger partial charge in [-0.15, -0.1) is 0 Å². The monoisotopic (exact) mass is 342 g/mol. The van der Waals surface area contributed by atoms with Crippen molar-refractivity contribution < 1.29 is 13.5 Å². The molecule has 21 heavy (non-hydrogen) atoms. The smallest absolute Gasteiger partial charge is 0.263 e. The number of anilines is 1. The molecule has 0 heterocycles. The molecule has 0 unspecified atom stereocenters. The number of rotatable bonds is 3. The van der Waals surface area contributed by atoms with Gasteiger partial charge in [-0.1, -0.05) is 23.2 Å². The third-order valence-corrected chi connectivity index (χ3v) is 4.64. The molecule has 2 aromatic carbocycles. The van der Waals surface area contributed by atoms with Crippen molar-refractivity contribution in [3.8, 4) is 11.8 Å². The molecule has 108 valence electrons. The number of phenolic OH excluding ortho intramolecular Hbond substituents is 1. The van der Waals surface area contributed by atoms with Crippen LogP contribution in [0.2, 0.25) is 10.0 Å². The number of benzene rings is 2. The summed E-state index contributed by atoms with van der Waals surface area (Å²) in [5, 5.41) is 18.5. The quantitative estimate of drug-likeness (QED) is 0.836. The Morgan fingerprint density at radius 1 is 1.14 bits per heavy atom. The van der Waals surface area contributed by atoms with Gasteiger partial charge in [0, 0.05) is 5.02 Å². The average molecular weight is 343 g/mol. The standard InChI is InChI=1S/C13H8Cl2N2O3S/c14-9-2-3-12(18)11(6-9)17-21(19,20)13-4-1-8(7-16)5-10(13)15/h1-6,17-18H. The number of hydrogen-bond donors (Lipinski definition) is 2. The van der Waals surface area contributed by atoms with Crippen LogP contribution in [0.5, 0.6) is 5.75 Å². The van der Waals surface area contributed by atoms with Gasteiger partial charge in [-0.2, -0.15) is 5.26 Å². The number of hydrogen-bond acceptors (Lipinski definition) is 4. The van der Waals surface area contributed by atoms with Gasteiger partial charge < -0.3 is 5.11 Å². The molecule has 0 amide bonds. The Hall–Kier alpha value is -1.94. The first kappa shape index (κ1) is 15.4. The highest BCUT2D eigenvalue weighted by molar-refractivity contribution is 7.92. The van der Waals surface area contributed by atoms with Crippen LogP contribution in [0.15, 0.2) is 41.3 Å². The number of nitrogens with zero attached hydrogens (tertiary/aromatic N) is 1. The Morgan fingerprint density at radius 3 is 2.48 bits per heavy atom. The molecule has 8 heteroatoms. The summed E-state index contributed by atoms with van der Waals surface area (Å²) >= 11 is 11.6. The summed E-state index contributed by atoms with van der Waals surface area (Å²) in [4.78, 5) is -0.206. The van der Waals surface area contributed by atoms with Crippen molar-refractivity contribution in [2.75, 3.05) is 4.72 Å². The zero-order valence-electron chi connectivity index (χ0n) is 10.3. The fourth-order valence-electron chi connectivity index (χ4n) is 1.58. The van der Waals surface area contributed by atoms with Crippen LogP contribution in [0.3, 0.4) is 0 Å². The van der Waals surface area contributed by atoms with Gasteiger partial charge in [0.15, 0.2) is 0 Å². The molecule has 2 rings (SSSR count). The third kappa shape index (κ3) is 3.39. The lowest BCUT2D eigenvalue weighted by Gasteiger charge is -2.11. The Kier molecular flexibility index (Phi) is 4.28. The SMILES string of the molecule is N#Cc1ccc(S(=O)(=O)Nc2cc(Cl)ccc2O)c(Cl)c1. The van der Waals surface area contributed by atoms with Crippen molar-refractivity contribution >= 4 is 38.9 Å². The molecule has 2 N–H and O–H groups in total. The molecule has 0 aliphatic carbocycles. The summed E-state index contributed by atoms with van der Waals surface area (Å²) < 4.78 is 26.7. The first-order valence-corrected chi connectivity index (χ1v) is 7.78. The third-order valence-electron chi connectivity index (χ3n) is 2.55. The van der Waals surface area contributed by atoms with Crippen LogP contribution in [0, 0.1) is 11.3 Å². The number of aromatic hydroxyl groups is 1. The van der Waals surface area contributed by atoms with Crippen LogP contribution in [-0.2, 0) is 10.0 Å². The summed E-state index contributed by atoms with van der Waals surface area (Å²) in [6.45, 7) is 0. The summed E-state index contributed by atoms with van der Waals surface area (Å²) in [6.07, 6.45) is 0. The topological polar surface area (TPSA) is 90.2 Å². The van der Waals surface area contributed by atoms with E-state index in [9.17, 15) is 13.5 Å². The summed E-state index contributed by atoms with van der Waals surface area (Å²) in [6, 6.07) is 9.60. The fourth-order valence-corrected chi connectivity index (χ4v) is 3.36. The Labute approximate surface area is 131 Å². The predicted octanol–water partition coefficient (Wildman–Crippen LogP) is 3.37. The second kappa shape index (κ2) is 5.82. The van der Waals surface area contributed by atoms with E-state index in [1.807, 2.05) is 6.07 Å². The Morgan fingerprint density at radius 2 is 1.86 bits per heavy atom. The molecule has 0 aromatic heterocycles. The minimum Gasteiger partial charge on any atom is -0.506 e. The van der Waals surface area contributed by atoms with E-state index in [2.05, 4.69) is 4.72 Å². The summed E-state index contributed by atoms with van der Waals surface area (Å²) in [5.41, 5.74) is 0.174. The van der Waals surface area contributed by atoms with E-state index in [-0.39, 0.29) is 31.9 Å². The van der Waals surface area contributed by atoms with Crippen molar-refractivity contribution in [3.63, 3.8) is 0 Å². The van der Waals surface area contributed by atoms with Crippen LogP contribution < -0.4 is 4.72 Å². The van der Waals surface area contributed by atoms with Gasteiger partial charge in [0.1, 0.15) is 10.6 Å². The predicted molar refractivity (Wildman–Crippen MR) is 80.1 cm³/mol. The highest BCUT2D eigenvalue weighted by atomic mass is 35.5. The minimum absolute atomic E-state index is 0.0667. The molecule has 0 bridgehead atoms. The van der Waals surface area contributed by atoms with Crippen LogP contribution in [0.4, 0.5) is 5.69 Å². The second-order valence-corrected chi connectivity index (χ2v) is 6.52. The highest BCUT2D eigenvalue weighted by Crippen LogP contribution is 2.30. The maximum Gasteiger partial charge on any atom is 0.263 e. The molecule has 0 fully saturated rings. The Bertz CT molecular complexity index is 845. The van der Waals surface area contributed by atoms with E-state index in [1.54, 1.807) is 0 Å². The molecule has 5 nitrogen and oxygen atoms in total. The van der Waals surface area contributed by atoms with Gasteiger partial charge in [0.2, 0.25) is 0 Å². The second-order valence-electron chi connectivity index (χ2n) is 4.02. The zero-order valence-corrected chi connectivity index (χ0v) is 12.7. The van der Waals surface area contributed by atoms with Gasteiger partial charge in [0.05, 0.1) is 22.3 Å². The molecule has 0 saturated heterocycles. The lowest BCUT2D eigenvalue weighted by atomic mass is 10.2. The molecule has 0 aliphatic rings. The van der Waals surface area contributed by atoms with E-state index in [1.165, 1.54) is 36.4 Å². The van der Waals surface area contributed by atoms with Crippen LogP contribution >= 0.6 is 23.2 Å². The van der Waals surface area contributed by atoms with Crippen LogP contribution in [-0.4, -0.2) is 13.5 Å². The first-order chi connectivity index (χ1) is 9.83. The largest absolute Gasteiger partial charge is 0.506 e. The lowest BCUT2D eigenvalue weighted by Crippen LogP contribution is -2.13. The van der Waals surface area contributed by atoms with Crippen molar-refractivity contribution in [2.24, 2.45) is 0 Å². The maximum absolute atomic E-state index is 12.3. The molecule has 0 aliphatic heterocycles. The maximum atomic E-state index is 12.3. The van der Waals surface area contributed by atoms with Gasteiger partial charge in [-0.05, 0) is 36.4 Å². The van der Waals surface area contributed by atoms with Gasteiger partial charge in [-0.25, -0.2) is 8.42 Å². The number of halogens is 2. The van der Waals surface area contributed by atoms with Crippen molar-refractivity contribution in [1.82, 2.24) is 0 Å². The zero-order chi connectivity index (χ0) is 15.6. The van der Waals surface area contributed by atoms with E-state index in [0.29, 0.717) is 0 Å².